The SMILES string of the molecule is COc1ccccc1/C=C(\C)[Si]c1ccccc1. The van der Waals surface area contributed by atoms with Crippen molar-refractivity contribution in [3.05, 3.63) is 65.4 Å². The minimum absolute atomic E-state index is 0.707. The Morgan fingerprint density at radius 1 is 1.00 bits per heavy atom. The molecule has 0 atom stereocenters. The molecular weight excluding hydrogens is 236 g/mol. The molecule has 2 radical (unpaired) electrons. The monoisotopic (exact) mass is 252 g/mol. The second-order valence-electron chi connectivity index (χ2n) is 4.06. The van der Waals surface area contributed by atoms with E-state index in [1.54, 1.807) is 7.11 Å². The quantitative estimate of drug-likeness (QED) is 0.760. The summed E-state index contributed by atoms with van der Waals surface area (Å²) in [6.07, 6.45) is 2.20. The molecule has 0 aliphatic rings. The number of hydrogen-bond acceptors (Lipinski definition) is 1. The second-order valence-corrected chi connectivity index (χ2v) is 5.68. The van der Waals surface area contributed by atoms with Crippen molar-refractivity contribution in [3.63, 3.8) is 0 Å². The van der Waals surface area contributed by atoms with Gasteiger partial charge >= 0.3 is 0 Å². The zero-order valence-electron chi connectivity index (χ0n) is 10.7. The molecule has 0 amide bonds. The molecule has 18 heavy (non-hydrogen) atoms. The summed E-state index contributed by atoms with van der Waals surface area (Å²) >= 11 is 0. The van der Waals surface area contributed by atoms with Gasteiger partial charge in [0.1, 0.15) is 15.3 Å². The summed E-state index contributed by atoms with van der Waals surface area (Å²) < 4.78 is 5.35. The predicted octanol–water partition coefficient (Wildman–Crippen LogP) is 3.09. The molecule has 0 N–H and O–H groups in total. The van der Waals surface area contributed by atoms with E-state index in [1.807, 2.05) is 24.3 Å². The van der Waals surface area contributed by atoms with Crippen LogP contribution in [0.1, 0.15) is 12.5 Å². The van der Waals surface area contributed by atoms with Crippen molar-refractivity contribution in [2.75, 3.05) is 7.11 Å². The average Bonchev–Trinajstić information content (AvgIpc) is 2.40. The Morgan fingerprint density at radius 3 is 2.39 bits per heavy atom. The van der Waals surface area contributed by atoms with Gasteiger partial charge in [-0.1, -0.05) is 65.0 Å². The third kappa shape index (κ3) is 3.34. The first-order valence-corrected chi connectivity index (χ1v) is 6.93. The van der Waals surface area contributed by atoms with Crippen molar-refractivity contribution in [1.82, 2.24) is 0 Å². The fraction of sp³-hybridized carbons (Fsp3) is 0.125. The van der Waals surface area contributed by atoms with Crippen LogP contribution in [0.5, 0.6) is 5.75 Å². The lowest BCUT2D eigenvalue weighted by Gasteiger charge is -2.05. The van der Waals surface area contributed by atoms with Crippen molar-refractivity contribution >= 4 is 20.8 Å². The Bertz CT molecular complexity index is 532. The zero-order valence-corrected chi connectivity index (χ0v) is 11.7. The van der Waals surface area contributed by atoms with Crippen LogP contribution in [0.15, 0.2) is 59.8 Å². The van der Waals surface area contributed by atoms with E-state index in [4.69, 9.17) is 4.74 Å². The van der Waals surface area contributed by atoms with Gasteiger partial charge in [0, 0.05) is 5.56 Å². The minimum atomic E-state index is 0.707. The van der Waals surface area contributed by atoms with Gasteiger partial charge in [-0.3, -0.25) is 0 Å². The van der Waals surface area contributed by atoms with Crippen molar-refractivity contribution < 1.29 is 4.74 Å². The molecule has 2 rings (SSSR count). The van der Waals surface area contributed by atoms with Crippen LogP contribution in [-0.2, 0) is 0 Å². The molecule has 90 valence electrons. The van der Waals surface area contributed by atoms with Gasteiger partial charge in [0.15, 0.2) is 0 Å². The van der Waals surface area contributed by atoms with Crippen molar-refractivity contribution in [2.45, 2.75) is 6.92 Å². The predicted molar refractivity (Wildman–Crippen MR) is 78.5 cm³/mol. The van der Waals surface area contributed by atoms with Crippen LogP contribution in [0.2, 0.25) is 0 Å². The van der Waals surface area contributed by atoms with E-state index in [1.165, 1.54) is 10.4 Å². The van der Waals surface area contributed by atoms with Crippen molar-refractivity contribution in [3.8, 4) is 5.75 Å². The Kier molecular flexibility index (Phi) is 4.37. The highest BCUT2D eigenvalue weighted by Gasteiger charge is 2.00. The molecule has 0 aromatic heterocycles. The highest BCUT2D eigenvalue weighted by Crippen LogP contribution is 2.19. The third-order valence-electron chi connectivity index (χ3n) is 2.63. The lowest BCUT2D eigenvalue weighted by Crippen LogP contribution is -2.14. The fourth-order valence-electron chi connectivity index (χ4n) is 1.80. The average molecular weight is 252 g/mol. The summed E-state index contributed by atoms with van der Waals surface area (Å²) in [7, 11) is 2.42. The van der Waals surface area contributed by atoms with Crippen LogP contribution >= 0.6 is 0 Å². The Balaban J connectivity index is 2.18. The molecule has 2 aromatic rings. The first-order chi connectivity index (χ1) is 8.79. The first kappa shape index (κ1) is 12.6. The summed E-state index contributed by atoms with van der Waals surface area (Å²) in [4.78, 5) is 0. The van der Waals surface area contributed by atoms with Crippen LogP contribution in [0.4, 0.5) is 0 Å². The summed E-state index contributed by atoms with van der Waals surface area (Å²) in [5, 5.41) is 2.71. The highest BCUT2D eigenvalue weighted by atomic mass is 28.2. The normalized spacial score (nSPS) is 11.3. The summed E-state index contributed by atoms with van der Waals surface area (Å²) in [6, 6.07) is 18.6. The summed E-state index contributed by atoms with van der Waals surface area (Å²) in [6.45, 7) is 2.16. The van der Waals surface area contributed by atoms with Crippen molar-refractivity contribution in [2.24, 2.45) is 0 Å². The number of hydrogen-bond donors (Lipinski definition) is 0. The fourth-order valence-corrected chi connectivity index (χ4v) is 2.85. The molecule has 0 heterocycles. The van der Waals surface area contributed by atoms with Gasteiger partial charge in [-0.25, -0.2) is 0 Å². The van der Waals surface area contributed by atoms with Gasteiger partial charge in [0.2, 0.25) is 0 Å². The van der Waals surface area contributed by atoms with E-state index >= 15 is 0 Å². The number of methoxy groups -OCH3 is 1. The number of ether oxygens (including phenoxy) is 1. The van der Waals surface area contributed by atoms with Crippen LogP contribution in [0, 0.1) is 0 Å². The van der Waals surface area contributed by atoms with Crippen LogP contribution in [-0.4, -0.2) is 16.6 Å². The summed E-state index contributed by atoms with van der Waals surface area (Å²) in [5.41, 5.74) is 1.14. The Labute approximate surface area is 111 Å². The van der Waals surface area contributed by atoms with E-state index in [-0.39, 0.29) is 0 Å². The topological polar surface area (TPSA) is 9.23 Å². The second kappa shape index (κ2) is 6.22. The lowest BCUT2D eigenvalue weighted by molar-refractivity contribution is 0.414. The van der Waals surface area contributed by atoms with E-state index in [0.29, 0.717) is 9.52 Å². The molecule has 0 spiro atoms. The van der Waals surface area contributed by atoms with Crippen LogP contribution < -0.4 is 9.92 Å². The van der Waals surface area contributed by atoms with Crippen LogP contribution in [0.25, 0.3) is 6.08 Å². The van der Waals surface area contributed by atoms with Crippen LogP contribution in [0.3, 0.4) is 0 Å². The number of rotatable bonds is 4. The maximum Gasteiger partial charge on any atom is 0.126 e. The molecule has 0 saturated heterocycles. The summed E-state index contributed by atoms with van der Waals surface area (Å²) in [5.74, 6) is 0.926. The lowest BCUT2D eigenvalue weighted by atomic mass is 10.2. The van der Waals surface area contributed by atoms with Gasteiger partial charge in [-0.15, -0.1) is 0 Å². The van der Waals surface area contributed by atoms with Gasteiger partial charge in [-0.05, 0) is 13.0 Å². The molecule has 1 nitrogen and oxygen atoms in total. The van der Waals surface area contributed by atoms with E-state index < -0.39 is 0 Å². The number of benzene rings is 2. The largest absolute Gasteiger partial charge is 0.496 e. The molecule has 0 aliphatic carbocycles. The van der Waals surface area contributed by atoms with Crippen molar-refractivity contribution in [1.29, 1.82) is 0 Å². The molecule has 2 aromatic carbocycles. The smallest absolute Gasteiger partial charge is 0.126 e. The first-order valence-electron chi connectivity index (χ1n) is 5.93. The standard InChI is InChI=1S/C16H16OSi/c1-13(18-15-9-4-3-5-10-15)12-14-8-6-7-11-16(14)17-2/h3-12H,1-2H3/b13-12+. The molecule has 0 bridgehead atoms. The molecule has 0 saturated carbocycles. The highest BCUT2D eigenvalue weighted by molar-refractivity contribution is 6.61. The Morgan fingerprint density at radius 2 is 1.67 bits per heavy atom. The zero-order chi connectivity index (χ0) is 12.8. The molecular formula is C16H16OSi. The van der Waals surface area contributed by atoms with Gasteiger partial charge in [0.05, 0.1) is 7.11 Å². The third-order valence-corrected chi connectivity index (χ3v) is 3.79. The number of para-hydroxylation sites is 1. The van der Waals surface area contributed by atoms with Gasteiger partial charge < -0.3 is 4.74 Å². The molecule has 2 heteroatoms. The Hall–Kier alpha value is -1.80. The molecule has 0 aliphatic heterocycles. The van der Waals surface area contributed by atoms with E-state index in [0.717, 1.165) is 11.3 Å². The maximum absolute atomic E-state index is 5.35. The molecule has 0 unspecified atom stereocenters. The van der Waals surface area contributed by atoms with E-state index in [2.05, 4.69) is 43.3 Å². The maximum atomic E-state index is 5.35. The molecule has 0 fully saturated rings. The van der Waals surface area contributed by atoms with Gasteiger partial charge in [-0.2, -0.15) is 0 Å². The number of allylic oxidation sites excluding steroid dienone is 1. The minimum Gasteiger partial charge on any atom is -0.496 e. The van der Waals surface area contributed by atoms with Gasteiger partial charge in [0.25, 0.3) is 0 Å². The van der Waals surface area contributed by atoms with E-state index in [9.17, 15) is 0 Å².